The van der Waals surface area contributed by atoms with Crippen LogP contribution in [0.5, 0.6) is 0 Å². The number of ether oxygens (including phenoxy) is 1. The number of aliphatic imine (C=N–C) groups is 1. The van der Waals surface area contributed by atoms with Gasteiger partial charge >= 0.3 is 5.97 Å². The summed E-state index contributed by atoms with van der Waals surface area (Å²) in [5.74, 6) is -0.885. The number of esters is 1. The Morgan fingerprint density at radius 2 is 1.79 bits per heavy atom. The number of anilines is 1. The van der Waals surface area contributed by atoms with E-state index in [0.717, 1.165) is 12.8 Å². The Kier molecular flexibility index (Phi) is 9.38. The van der Waals surface area contributed by atoms with Gasteiger partial charge in [0.2, 0.25) is 11.8 Å². The average Bonchev–Trinajstić information content (AvgIpc) is 3.05. The van der Waals surface area contributed by atoms with Crippen LogP contribution in [0.3, 0.4) is 0 Å². The van der Waals surface area contributed by atoms with Gasteiger partial charge in [-0.15, -0.1) is 0 Å². The van der Waals surface area contributed by atoms with Crippen molar-refractivity contribution in [2.75, 3.05) is 18.5 Å². The first-order valence-corrected chi connectivity index (χ1v) is 12.5. The first kappa shape index (κ1) is 26.1. The zero-order valence-electron chi connectivity index (χ0n) is 18.8. The van der Waals surface area contributed by atoms with Crippen LogP contribution in [0.2, 0.25) is 10.0 Å². The lowest BCUT2D eigenvalue weighted by molar-refractivity contribution is -0.128. The molecule has 7 nitrogen and oxygen atoms in total. The molecule has 0 bridgehead atoms. The van der Waals surface area contributed by atoms with Gasteiger partial charge in [0.1, 0.15) is 5.25 Å². The van der Waals surface area contributed by atoms with E-state index in [-0.39, 0.29) is 24.8 Å². The predicted octanol–water partition coefficient (Wildman–Crippen LogP) is 5.93. The SMILES string of the molecule is CCCCN1C(=O)C(CC(=O)Nc2ccc(C(=O)OCC)cc2)SC1=Nc1cc(Cl)cc(Cl)c1. The number of amides is 2. The number of carbonyl (C=O) groups is 3. The van der Waals surface area contributed by atoms with Crippen LogP contribution in [-0.2, 0) is 14.3 Å². The van der Waals surface area contributed by atoms with Crippen molar-refractivity contribution in [1.82, 2.24) is 4.90 Å². The van der Waals surface area contributed by atoms with Gasteiger partial charge in [-0.1, -0.05) is 48.3 Å². The van der Waals surface area contributed by atoms with Gasteiger partial charge in [0, 0.05) is 28.7 Å². The molecule has 0 aliphatic carbocycles. The van der Waals surface area contributed by atoms with Gasteiger partial charge in [0.25, 0.3) is 0 Å². The van der Waals surface area contributed by atoms with Crippen molar-refractivity contribution < 1.29 is 19.1 Å². The van der Waals surface area contributed by atoms with E-state index in [9.17, 15) is 14.4 Å². The second-order valence-electron chi connectivity index (χ2n) is 7.52. The van der Waals surface area contributed by atoms with E-state index in [1.807, 2.05) is 6.92 Å². The van der Waals surface area contributed by atoms with Crippen LogP contribution >= 0.6 is 35.0 Å². The minimum absolute atomic E-state index is 0.0128. The Labute approximate surface area is 212 Å². The van der Waals surface area contributed by atoms with Gasteiger partial charge in [0.15, 0.2) is 5.17 Å². The highest BCUT2D eigenvalue weighted by Crippen LogP contribution is 2.33. The summed E-state index contributed by atoms with van der Waals surface area (Å²) in [4.78, 5) is 43.7. The van der Waals surface area contributed by atoms with Crippen LogP contribution in [0, 0.1) is 0 Å². The topological polar surface area (TPSA) is 88.1 Å². The van der Waals surface area contributed by atoms with Crippen molar-refractivity contribution in [3.8, 4) is 0 Å². The number of amidine groups is 1. The molecule has 1 fully saturated rings. The van der Waals surface area contributed by atoms with Gasteiger partial charge in [-0.05, 0) is 55.8 Å². The average molecular weight is 522 g/mol. The molecule has 1 unspecified atom stereocenters. The summed E-state index contributed by atoms with van der Waals surface area (Å²) in [6, 6.07) is 11.4. The third-order valence-electron chi connectivity index (χ3n) is 4.88. The minimum Gasteiger partial charge on any atom is -0.462 e. The molecule has 10 heteroatoms. The number of nitrogens with zero attached hydrogens (tertiary/aromatic N) is 2. The number of thioether (sulfide) groups is 1. The molecule has 2 amide bonds. The summed E-state index contributed by atoms with van der Waals surface area (Å²) in [5.41, 5.74) is 1.47. The summed E-state index contributed by atoms with van der Waals surface area (Å²) in [7, 11) is 0. The fourth-order valence-corrected chi connectivity index (χ4v) is 4.94. The molecule has 2 aromatic rings. The maximum absolute atomic E-state index is 13.1. The van der Waals surface area contributed by atoms with Crippen LogP contribution in [0.4, 0.5) is 11.4 Å². The van der Waals surface area contributed by atoms with E-state index in [1.165, 1.54) is 11.8 Å². The standard InChI is InChI=1S/C24H25Cl2N3O4S/c1-3-5-10-29-22(31)20(34-24(29)28-19-12-16(25)11-17(26)13-19)14-21(30)27-18-8-6-15(7-9-18)23(32)33-4-2/h6-9,11-13,20H,3-5,10,14H2,1-2H3,(H,27,30). The Morgan fingerprint density at radius 1 is 1.12 bits per heavy atom. The van der Waals surface area contributed by atoms with Gasteiger partial charge in [-0.3, -0.25) is 14.5 Å². The highest BCUT2D eigenvalue weighted by molar-refractivity contribution is 8.15. The molecule has 1 saturated heterocycles. The van der Waals surface area contributed by atoms with Crippen molar-refractivity contribution in [1.29, 1.82) is 0 Å². The molecular formula is C24H25Cl2N3O4S. The van der Waals surface area contributed by atoms with E-state index in [2.05, 4.69) is 10.3 Å². The predicted molar refractivity (Wildman–Crippen MR) is 137 cm³/mol. The van der Waals surface area contributed by atoms with Crippen molar-refractivity contribution >= 4 is 69.3 Å². The summed E-state index contributed by atoms with van der Waals surface area (Å²) < 4.78 is 4.96. The lowest BCUT2D eigenvalue weighted by Crippen LogP contribution is -2.34. The molecule has 0 saturated carbocycles. The third kappa shape index (κ3) is 6.98. The number of carbonyl (C=O) groups excluding carboxylic acids is 3. The molecule has 0 aromatic heterocycles. The number of rotatable bonds is 9. The quantitative estimate of drug-likeness (QED) is 0.413. The molecule has 2 aromatic carbocycles. The Hall–Kier alpha value is -2.55. The molecule has 3 rings (SSSR count). The van der Waals surface area contributed by atoms with E-state index >= 15 is 0 Å². The normalized spacial score (nSPS) is 16.7. The molecular weight excluding hydrogens is 497 g/mol. The molecule has 1 N–H and O–H groups in total. The minimum atomic E-state index is -0.593. The van der Waals surface area contributed by atoms with E-state index in [0.29, 0.717) is 38.7 Å². The fraction of sp³-hybridized carbons (Fsp3) is 0.333. The Morgan fingerprint density at radius 3 is 2.41 bits per heavy atom. The highest BCUT2D eigenvalue weighted by atomic mass is 35.5. The first-order valence-electron chi connectivity index (χ1n) is 10.9. The monoisotopic (exact) mass is 521 g/mol. The largest absolute Gasteiger partial charge is 0.462 e. The molecule has 34 heavy (non-hydrogen) atoms. The zero-order valence-corrected chi connectivity index (χ0v) is 21.2. The molecule has 0 radical (unpaired) electrons. The van der Waals surface area contributed by atoms with E-state index in [4.69, 9.17) is 27.9 Å². The zero-order chi connectivity index (χ0) is 24.7. The summed E-state index contributed by atoms with van der Waals surface area (Å²) in [5, 5.41) is 3.60. The van der Waals surface area contributed by atoms with E-state index < -0.39 is 11.2 Å². The fourth-order valence-electron chi connectivity index (χ4n) is 3.25. The molecule has 0 spiro atoms. The maximum atomic E-state index is 13.1. The van der Waals surface area contributed by atoms with E-state index in [1.54, 1.807) is 54.3 Å². The van der Waals surface area contributed by atoms with Crippen molar-refractivity contribution in [2.24, 2.45) is 4.99 Å². The van der Waals surface area contributed by atoms with Crippen LogP contribution in [0.25, 0.3) is 0 Å². The molecule has 1 aliphatic rings. The number of benzene rings is 2. The molecule has 180 valence electrons. The maximum Gasteiger partial charge on any atom is 0.338 e. The highest BCUT2D eigenvalue weighted by Gasteiger charge is 2.38. The summed E-state index contributed by atoms with van der Waals surface area (Å²) >= 11 is 13.4. The summed E-state index contributed by atoms with van der Waals surface area (Å²) in [6.07, 6.45) is 1.71. The lowest BCUT2D eigenvalue weighted by atomic mass is 10.2. The number of halogens is 2. The second-order valence-corrected chi connectivity index (χ2v) is 9.56. The first-order chi connectivity index (χ1) is 16.3. The molecule has 1 heterocycles. The number of unbranched alkanes of at least 4 members (excludes halogenated alkanes) is 1. The van der Waals surface area contributed by atoms with Crippen LogP contribution in [0.15, 0.2) is 47.5 Å². The smallest absolute Gasteiger partial charge is 0.338 e. The van der Waals surface area contributed by atoms with Crippen molar-refractivity contribution in [2.45, 2.75) is 38.4 Å². The Balaban J connectivity index is 1.70. The van der Waals surface area contributed by atoms with Crippen molar-refractivity contribution in [3.63, 3.8) is 0 Å². The van der Waals surface area contributed by atoms with Crippen molar-refractivity contribution in [3.05, 3.63) is 58.1 Å². The van der Waals surface area contributed by atoms with Crippen LogP contribution < -0.4 is 5.32 Å². The van der Waals surface area contributed by atoms with Gasteiger partial charge in [-0.2, -0.15) is 0 Å². The summed E-state index contributed by atoms with van der Waals surface area (Å²) in [6.45, 7) is 4.58. The van der Waals surface area contributed by atoms with Crippen LogP contribution in [0.1, 0.15) is 43.5 Å². The van der Waals surface area contributed by atoms with Crippen LogP contribution in [-0.4, -0.2) is 46.3 Å². The molecule has 1 aliphatic heterocycles. The van der Waals surface area contributed by atoms with Gasteiger partial charge < -0.3 is 10.1 Å². The lowest BCUT2D eigenvalue weighted by Gasteiger charge is -2.16. The number of hydrogen-bond donors (Lipinski definition) is 1. The number of hydrogen-bond acceptors (Lipinski definition) is 6. The second kappa shape index (κ2) is 12.2. The molecule has 1 atom stereocenters. The Bertz CT molecular complexity index is 1070. The third-order valence-corrected chi connectivity index (χ3v) is 6.49. The van der Waals surface area contributed by atoms with Gasteiger partial charge in [-0.25, -0.2) is 9.79 Å². The van der Waals surface area contributed by atoms with Gasteiger partial charge in [0.05, 0.1) is 17.9 Å². The number of nitrogens with one attached hydrogen (secondary N) is 1.